The maximum atomic E-state index is 12.3. The molecule has 2 aliphatic heterocycles. The van der Waals surface area contributed by atoms with Crippen molar-refractivity contribution in [2.24, 2.45) is 5.92 Å². The molecule has 116 valence electrons. The Kier molecular flexibility index (Phi) is 4.22. The lowest BCUT2D eigenvalue weighted by Crippen LogP contribution is -2.46. The van der Waals surface area contributed by atoms with E-state index in [4.69, 9.17) is 4.74 Å². The van der Waals surface area contributed by atoms with Gasteiger partial charge in [-0.1, -0.05) is 19.1 Å². The van der Waals surface area contributed by atoms with Crippen LogP contribution >= 0.6 is 0 Å². The first-order valence-electron chi connectivity index (χ1n) is 7.80. The number of hydrogen-bond acceptors (Lipinski definition) is 4. The second-order valence-corrected chi connectivity index (χ2v) is 8.16. The highest BCUT2D eigenvalue weighted by Crippen LogP contribution is 2.34. The van der Waals surface area contributed by atoms with Gasteiger partial charge in [0.15, 0.2) is 9.84 Å². The third-order valence-corrected chi connectivity index (χ3v) is 6.41. The van der Waals surface area contributed by atoms with Crippen LogP contribution in [0.2, 0.25) is 0 Å². The third-order valence-electron chi connectivity index (χ3n) is 4.64. The molecule has 0 saturated carbocycles. The van der Waals surface area contributed by atoms with Crippen molar-refractivity contribution in [1.29, 1.82) is 0 Å². The van der Waals surface area contributed by atoms with Crippen LogP contribution in [0.3, 0.4) is 0 Å². The number of sulfone groups is 1. The molecule has 0 unspecified atom stereocenters. The molecule has 21 heavy (non-hydrogen) atoms. The average Bonchev–Trinajstić information content (AvgIpc) is 2.54. The van der Waals surface area contributed by atoms with Crippen molar-refractivity contribution < 1.29 is 13.2 Å². The molecule has 1 aromatic rings. The van der Waals surface area contributed by atoms with Crippen molar-refractivity contribution >= 4 is 15.5 Å². The van der Waals surface area contributed by atoms with Crippen LogP contribution in [-0.4, -0.2) is 40.0 Å². The summed E-state index contributed by atoms with van der Waals surface area (Å²) in [7, 11) is -3.18. The zero-order chi connectivity index (χ0) is 14.9. The van der Waals surface area contributed by atoms with E-state index in [1.165, 1.54) is 6.42 Å². The van der Waals surface area contributed by atoms with E-state index in [0.717, 1.165) is 38.2 Å². The largest absolute Gasteiger partial charge is 0.378 e. The lowest BCUT2D eigenvalue weighted by Gasteiger charge is -2.42. The standard InChI is InChI=1S/C16H23NO3S/c1-2-21(18,19)16-8-4-3-7-14(16)17-10-9-15-13(12-17)6-5-11-20-15/h3-4,7-8,13,15H,2,5-6,9-12H2,1H3/t13-,15-/m1/s1. The lowest BCUT2D eigenvalue weighted by atomic mass is 9.88. The highest BCUT2D eigenvalue weighted by molar-refractivity contribution is 7.91. The number of hydrogen-bond donors (Lipinski definition) is 0. The quantitative estimate of drug-likeness (QED) is 0.860. The fraction of sp³-hybridized carbons (Fsp3) is 0.625. The van der Waals surface area contributed by atoms with E-state index in [1.807, 2.05) is 18.2 Å². The van der Waals surface area contributed by atoms with Crippen molar-refractivity contribution in [3.63, 3.8) is 0 Å². The van der Waals surface area contributed by atoms with Gasteiger partial charge < -0.3 is 9.64 Å². The van der Waals surface area contributed by atoms with Gasteiger partial charge in [-0.2, -0.15) is 0 Å². The van der Waals surface area contributed by atoms with Gasteiger partial charge >= 0.3 is 0 Å². The van der Waals surface area contributed by atoms with Gasteiger partial charge in [0.25, 0.3) is 0 Å². The van der Waals surface area contributed by atoms with Crippen LogP contribution < -0.4 is 4.90 Å². The Morgan fingerprint density at radius 1 is 1.29 bits per heavy atom. The van der Waals surface area contributed by atoms with Gasteiger partial charge in [0.05, 0.1) is 22.4 Å². The van der Waals surface area contributed by atoms with Gasteiger partial charge in [-0.15, -0.1) is 0 Å². The minimum absolute atomic E-state index is 0.146. The van der Waals surface area contributed by atoms with Gasteiger partial charge in [-0.3, -0.25) is 0 Å². The second kappa shape index (κ2) is 5.97. The highest BCUT2D eigenvalue weighted by atomic mass is 32.2. The Hall–Kier alpha value is -1.07. The topological polar surface area (TPSA) is 46.6 Å². The van der Waals surface area contributed by atoms with Gasteiger partial charge in [0.2, 0.25) is 0 Å². The van der Waals surface area contributed by atoms with Crippen LogP contribution in [0.25, 0.3) is 0 Å². The first kappa shape index (κ1) is 14.9. The second-order valence-electron chi connectivity index (χ2n) is 5.92. The molecule has 0 spiro atoms. The molecule has 0 radical (unpaired) electrons. The molecule has 2 heterocycles. The van der Waals surface area contributed by atoms with Gasteiger partial charge in [-0.25, -0.2) is 8.42 Å². The SMILES string of the molecule is CCS(=O)(=O)c1ccccc1N1CC[C@H]2OCCC[C@@H]2C1. The van der Waals surface area contributed by atoms with Crippen molar-refractivity contribution in [3.8, 4) is 0 Å². The number of anilines is 1. The molecule has 0 N–H and O–H groups in total. The number of rotatable bonds is 3. The van der Waals surface area contributed by atoms with Crippen LogP contribution in [0.5, 0.6) is 0 Å². The number of piperidine rings is 1. The summed E-state index contributed by atoms with van der Waals surface area (Å²) >= 11 is 0. The van der Waals surface area contributed by atoms with Crippen molar-refractivity contribution in [3.05, 3.63) is 24.3 Å². The zero-order valence-corrected chi connectivity index (χ0v) is 13.3. The summed E-state index contributed by atoms with van der Waals surface area (Å²) in [5, 5.41) is 0. The molecule has 2 aliphatic rings. The van der Waals surface area contributed by atoms with E-state index in [1.54, 1.807) is 13.0 Å². The van der Waals surface area contributed by atoms with E-state index < -0.39 is 9.84 Å². The molecule has 2 saturated heterocycles. The van der Waals surface area contributed by atoms with Crippen LogP contribution in [0, 0.1) is 5.92 Å². The summed E-state index contributed by atoms with van der Waals surface area (Å²) < 4.78 is 30.4. The summed E-state index contributed by atoms with van der Waals surface area (Å²) in [6.07, 6.45) is 3.66. The predicted octanol–water partition coefficient (Wildman–Crippen LogP) is 2.49. The van der Waals surface area contributed by atoms with E-state index in [2.05, 4.69) is 4.90 Å². The summed E-state index contributed by atoms with van der Waals surface area (Å²) in [4.78, 5) is 2.71. The summed E-state index contributed by atoms with van der Waals surface area (Å²) in [5.41, 5.74) is 0.864. The number of fused-ring (bicyclic) bond motifs is 1. The minimum Gasteiger partial charge on any atom is -0.378 e. The van der Waals surface area contributed by atoms with Gasteiger partial charge in [-0.05, 0) is 31.4 Å². The third kappa shape index (κ3) is 2.94. The van der Waals surface area contributed by atoms with E-state index in [0.29, 0.717) is 16.9 Å². The molecule has 1 aromatic carbocycles. The van der Waals surface area contributed by atoms with Gasteiger partial charge in [0.1, 0.15) is 0 Å². The highest BCUT2D eigenvalue weighted by Gasteiger charge is 2.33. The van der Waals surface area contributed by atoms with Crippen molar-refractivity contribution in [2.45, 2.75) is 37.2 Å². The molecule has 2 atom stereocenters. The Bertz CT molecular complexity index is 599. The number of nitrogens with zero attached hydrogens (tertiary/aromatic N) is 1. The molecule has 0 bridgehead atoms. The van der Waals surface area contributed by atoms with E-state index >= 15 is 0 Å². The van der Waals surface area contributed by atoms with E-state index in [9.17, 15) is 8.42 Å². The zero-order valence-electron chi connectivity index (χ0n) is 12.5. The number of ether oxygens (including phenoxy) is 1. The molecular formula is C16H23NO3S. The number of para-hydroxylation sites is 1. The van der Waals surface area contributed by atoms with Gasteiger partial charge in [0, 0.05) is 25.6 Å². The summed E-state index contributed by atoms with van der Waals surface area (Å²) in [6, 6.07) is 7.40. The fourth-order valence-electron chi connectivity index (χ4n) is 3.44. The molecule has 4 nitrogen and oxygen atoms in total. The molecule has 3 rings (SSSR count). The van der Waals surface area contributed by atoms with Crippen LogP contribution in [0.1, 0.15) is 26.2 Å². The molecule has 0 aliphatic carbocycles. The normalized spacial score (nSPS) is 26.4. The monoisotopic (exact) mass is 309 g/mol. The Labute approximate surface area is 127 Å². The van der Waals surface area contributed by atoms with Crippen LogP contribution in [0.4, 0.5) is 5.69 Å². The Morgan fingerprint density at radius 3 is 2.90 bits per heavy atom. The fourth-order valence-corrected chi connectivity index (χ4v) is 4.56. The van der Waals surface area contributed by atoms with Crippen molar-refractivity contribution in [2.75, 3.05) is 30.3 Å². The molecular weight excluding hydrogens is 286 g/mol. The van der Waals surface area contributed by atoms with Crippen LogP contribution in [-0.2, 0) is 14.6 Å². The Balaban J connectivity index is 1.88. The smallest absolute Gasteiger partial charge is 0.180 e. The predicted molar refractivity (Wildman–Crippen MR) is 83.5 cm³/mol. The minimum atomic E-state index is -3.18. The first-order valence-corrected chi connectivity index (χ1v) is 9.45. The maximum Gasteiger partial charge on any atom is 0.180 e. The lowest BCUT2D eigenvalue weighted by molar-refractivity contribution is -0.0357. The van der Waals surface area contributed by atoms with E-state index in [-0.39, 0.29) is 5.75 Å². The molecule has 0 amide bonds. The first-order chi connectivity index (χ1) is 10.1. The molecule has 5 heteroatoms. The number of benzene rings is 1. The summed E-state index contributed by atoms with van der Waals surface area (Å²) in [6.45, 7) is 4.35. The molecule has 0 aromatic heterocycles. The van der Waals surface area contributed by atoms with Crippen LogP contribution in [0.15, 0.2) is 29.2 Å². The average molecular weight is 309 g/mol. The summed E-state index contributed by atoms with van der Waals surface area (Å²) in [5.74, 6) is 0.678. The Morgan fingerprint density at radius 2 is 2.10 bits per heavy atom. The van der Waals surface area contributed by atoms with Crippen molar-refractivity contribution in [1.82, 2.24) is 0 Å². The maximum absolute atomic E-state index is 12.3. The molecule has 2 fully saturated rings.